The highest BCUT2D eigenvalue weighted by atomic mass is 35.5. The summed E-state index contributed by atoms with van der Waals surface area (Å²) in [4.78, 5) is 26.4. The van der Waals surface area contributed by atoms with Crippen LogP contribution in [-0.4, -0.2) is 49.8 Å². The van der Waals surface area contributed by atoms with E-state index < -0.39 is 0 Å². The number of benzene rings is 2. The standard InChI is InChI=1S/C24H26ClN5O2S/c1-15-4-3-5-20(14-15)30-22(18-6-8-19(25)9-7-18)27-28-24(30)33-16(2)23(32)29-12-10-17(11-13-29)21(26)31/h3-9,14,16-17H,10-13H2,1-2H3,(H2,26,31). The summed E-state index contributed by atoms with van der Waals surface area (Å²) in [7, 11) is 0. The maximum atomic E-state index is 13.1. The lowest BCUT2D eigenvalue weighted by Crippen LogP contribution is -2.44. The molecule has 1 atom stereocenters. The minimum Gasteiger partial charge on any atom is -0.369 e. The second-order valence-corrected chi connectivity index (χ2v) is 9.99. The Kier molecular flexibility index (Phi) is 7.05. The van der Waals surface area contributed by atoms with E-state index in [0.717, 1.165) is 16.8 Å². The second kappa shape index (κ2) is 9.97. The number of aryl methyl sites for hydroxylation is 1. The van der Waals surface area contributed by atoms with Crippen LogP contribution in [0, 0.1) is 12.8 Å². The molecule has 4 rings (SSSR count). The Labute approximate surface area is 202 Å². The van der Waals surface area contributed by atoms with Crippen LogP contribution in [0.3, 0.4) is 0 Å². The van der Waals surface area contributed by atoms with E-state index in [0.29, 0.717) is 41.9 Å². The van der Waals surface area contributed by atoms with Gasteiger partial charge in [0.15, 0.2) is 11.0 Å². The zero-order valence-corrected chi connectivity index (χ0v) is 20.1. The number of piperidine rings is 1. The Morgan fingerprint density at radius 3 is 2.45 bits per heavy atom. The third-order valence-electron chi connectivity index (χ3n) is 5.83. The predicted molar refractivity (Wildman–Crippen MR) is 130 cm³/mol. The van der Waals surface area contributed by atoms with Gasteiger partial charge in [0.1, 0.15) is 0 Å². The lowest BCUT2D eigenvalue weighted by Gasteiger charge is -2.32. The van der Waals surface area contributed by atoms with Gasteiger partial charge >= 0.3 is 0 Å². The molecule has 2 N–H and O–H groups in total. The molecule has 0 aliphatic carbocycles. The minimum atomic E-state index is -0.360. The van der Waals surface area contributed by atoms with Crippen molar-refractivity contribution in [3.05, 3.63) is 59.1 Å². The molecule has 2 amide bonds. The number of halogens is 1. The van der Waals surface area contributed by atoms with Gasteiger partial charge < -0.3 is 10.6 Å². The van der Waals surface area contributed by atoms with Gasteiger partial charge in [0.05, 0.1) is 5.25 Å². The molecule has 9 heteroatoms. The number of carbonyl (C=O) groups excluding carboxylic acids is 2. The van der Waals surface area contributed by atoms with E-state index in [2.05, 4.69) is 16.3 Å². The quantitative estimate of drug-likeness (QED) is 0.532. The topological polar surface area (TPSA) is 94.1 Å². The molecule has 1 aromatic heterocycles. The van der Waals surface area contributed by atoms with E-state index in [1.807, 2.05) is 65.8 Å². The fourth-order valence-electron chi connectivity index (χ4n) is 3.98. The molecule has 1 unspecified atom stereocenters. The van der Waals surface area contributed by atoms with Gasteiger partial charge in [0.25, 0.3) is 0 Å². The van der Waals surface area contributed by atoms with Crippen LogP contribution in [0.15, 0.2) is 53.7 Å². The molecule has 2 heterocycles. The highest BCUT2D eigenvalue weighted by Crippen LogP contribution is 2.32. The summed E-state index contributed by atoms with van der Waals surface area (Å²) in [5.74, 6) is 0.269. The first-order chi connectivity index (χ1) is 15.8. The molecule has 33 heavy (non-hydrogen) atoms. The largest absolute Gasteiger partial charge is 0.369 e. The summed E-state index contributed by atoms with van der Waals surface area (Å²) in [6, 6.07) is 15.5. The molecule has 2 aromatic carbocycles. The lowest BCUT2D eigenvalue weighted by molar-refractivity contribution is -0.134. The second-order valence-electron chi connectivity index (χ2n) is 8.25. The molecule has 1 aliphatic rings. The van der Waals surface area contributed by atoms with Crippen molar-refractivity contribution in [3.63, 3.8) is 0 Å². The zero-order chi connectivity index (χ0) is 23.5. The number of carbonyl (C=O) groups is 2. The fraction of sp³-hybridized carbons (Fsp3) is 0.333. The van der Waals surface area contributed by atoms with Gasteiger partial charge in [0.2, 0.25) is 11.8 Å². The SMILES string of the molecule is Cc1cccc(-n2c(SC(C)C(=O)N3CCC(C(N)=O)CC3)nnc2-c2ccc(Cl)cc2)c1. The number of amides is 2. The summed E-state index contributed by atoms with van der Waals surface area (Å²) in [5.41, 5.74) is 8.34. The normalized spacial score (nSPS) is 15.4. The lowest BCUT2D eigenvalue weighted by atomic mass is 9.96. The number of nitrogens with two attached hydrogens (primary N) is 1. The molecule has 0 spiro atoms. The molecule has 172 valence electrons. The van der Waals surface area contributed by atoms with Crippen molar-refractivity contribution in [1.29, 1.82) is 0 Å². The van der Waals surface area contributed by atoms with Crippen LogP contribution in [0.2, 0.25) is 5.02 Å². The monoisotopic (exact) mass is 483 g/mol. The number of hydrogen-bond acceptors (Lipinski definition) is 5. The average Bonchev–Trinajstić information content (AvgIpc) is 3.22. The van der Waals surface area contributed by atoms with Crippen LogP contribution in [0.1, 0.15) is 25.3 Å². The number of primary amides is 1. The first kappa shape index (κ1) is 23.3. The maximum absolute atomic E-state index is 13.1. The molecule has 7 nitrogen and oxygen atoms in total. The third kappa shape index (κ3) is 5.23. The van der Waals surface area contributed by atoms with Crippen molar-refractivity contribution in [2.24, 2.45) is 11.7 Å². The molecule has 1 fully saturated rings. The van der Waals surface area contributed by atoms with Gasteiger partial charge in [-0.3, -0.25) is 14.2 Å². The third-order valence-corrected chi connectivity index (χ3v) is 7.12. The van der Waals surface area contributed by atoms with Crippen molar-refractivity contribution in [3.8, 4) is 17.1 Å². The number of rotatable bonds is 6. The zero-order valence-electron chi connectivity index (χ0n) is 18.6. The number of thioether (sulfide) groups is 1. The number of likely N-dealkylation sites (tertiary alicyclic amines) is 1. The Hall–Kier alpha value is -2.84. The van der Waals surface area contributed by atoms with Crippen molar-refractivity contribution < 1.29 is 9.59 Å². The van der Waals surface area contributed by atoms with Crippen LogP contribution < -0.4 is 5.73 Å². The maximum Gasteiger partial charge on any atom is 0.235 e. The van der Waals surface area contributed by atoms with E-state index >= 15 is 0 Å². The van der Waals surface area contributed by atoms with Gasteiger partial charge in [-0.2, -0.15) is 0 Å². The van der Waals surface area contributed by atoms with Crippen LogP contribution in [0.5, 0.6) is 0 Å². The Morgan fingerprint density at radius 2 is 1.82 bits per heavy atom. The molecule has 0 bridgehead atoms. The first-order valence-corrected chi connectivity index (χ1v) is 12.1. The summed E-state index contributed by atoms with van der Waals surface area (Å²) in [6.07, 6.45) is 1.22. The summed E-state index contributed by atoms with van der Waals surface area (Å²) in [5, 5.41) is 9.81. The summed E-state index contributed by atoms with van der Waals surface area (Å²) >= 11 is 7.45. The van der Waals surface area contributed by atoms with Gasteiger partial charge in [-0.25, -0.2) is 0 Å². The van der Waals surface area contributed by atoms with Crippen molar-refractivity contribution in [1.82, 2.24) is 19.7 Å². The van der Waals surface area contributed by atoms with E-state index in [1.165, 1.54) is 11.8 Å². The summed E-state index contributed by atoms with van der Waals surface area (Å²) in [6.45, 7) is 4.99. The van der Waals surface area contributed by atoms with Gasteiger partial charge in [-0.15, -0.1) is 10.2 Å². The van der Waals surface area contributed by atoms with Crippen LogP contribution in [0.4, 0.5) is 0 Å². The van der Waals surface area contributed by atoms with E-state index in [4.69, 9.17) is 17.3 Å². The molecule has 0 radical (unpaired) electrons. The summed E-state index contributed by atoms with van der Waals surface area (Å²) < 4.78 is 1.98. The molecular weight excluding hydrogens is 458 g/mol. The highest BCUT2D eigenvalue weighted by molar-refractivity contribution is 8.00. The number of aromatic nitrogens is 3. The molecule has 0 saturated carbocycles. The Bertz CT molecular complexity index is 1160. The molecule has 3 aromatic rings. The van der Waals surface area contributed by atoms with Crippen LogP contribution >= 0.6 is 23.4 Å². The number of hydrogen-bond donors (Lipinski definition) is 1. The fourth-order valence-corrected chi connectivity index (χ4v) is 5.06. The van der Waals surface area contributed by atoms with Crippen molar-refractivity contribution in [2.45, 2.75) is 37.1 Å². The van der Waals surface area contributed by atoms with E-state index in [-0.39, 0.29) is 23.0 Å². The Morgan fingerprint density at radius 1 is 1.12 bits per heavy atom. The van der Waals surface area contributed by atoms with Gasteiger partial charge in [-0.1, -0.05) is 35.5 Å². The smallest absolute Gasteiger partial charge is 0.235 e. The number of nitrogens with zero attached hydrogens (tertiary/aromatic N) is 4. The molecule has 1 saturated heterocycles. The van der Waals surface area contributed by atoms with Gasteiger partial charge in [0, 0.05) is 35.3 Å². The molecular formula is C24H26ClN5O2S. The molecule has 1 aliphatic heterocycles. The predicted octanol–water partition coefficient (Wildman–Crippen LogP) is 4.10. The van der Waals surface area contributed by atoms with E-state index in [9.17, 15) is 9.59 Å². The minimum absolute atomic E-state index is 0.0229. The highest BCUT2D eigenvalue weighted by Gasteiger charge is 2.30. The average molecular weight is 484 g/mol. The first-order valence-electron chi connectivity index (χ1n) is 10.9. The van der Waals surface area contributed by atoms with Gasteiger partial charge in [-0.05, 0) is 68.7 Å². The van der Waals surface area contributed by atoms with E-state index in [1.54, 1.807) is 0 Å². The van der Waals surface area contributed by atoms with Crippen LogP contribution in [-0.2, 0) is 9.59 Å². The van der Waals surface area contributed by atoms with Crippen molar-refractivity contribution >= 4 is 35.2 Å². The Balaban J connectivity index is 1.60. The van der Waals surface area contributed by atoms with Crippen LogP contribution in [0.25, 0.3) is 17.1 Å². The van der Waals surface area contributed by atoms with Crippen molar-refractivity contribution in [2.75, 3.05) is 13.1 Å².